The molecule has 18 heavy (non-hydrogen) atoms. The van der Waals surface area contributed by atoms with Crippen LogP contribution in [-0.4, -0.2) is 38.5 Å². The monoisotopic (exact) mass is 246 g/mol. The van der Waals surface area contributed by atoms with Crippen molar-refractivity contribution in [3.63, 3.8) is 0 Å². The summed E-state index contributed by atoms with van der Waals surface area (Å²) in [6.07, 6.45) is 6.24. The number of amides is 1. The van der Waals surface area contributed by atoms with Gasteiger partial charge in [0.05, 0.1) is 19.3 Å². The van der Waals surface area contributed by atoms with E-state index in [0.29, 0.717) is 18.7 Å². The van der Waals surface area contributed by atoms with Gasteiger partial charge in [-0.25, -0.2) is 5.06 Å². The van der Waals surface area contributed by atoms with E-state index in [2.05, 4.69) is 5.10 Å². The molecule has 6 heteroatoms. The van der Waals surface area contributed by atoms with E-state index in [-0.39, 0.29) is 5.91 Å². The van der Waals surface area contributed by atoms with Crippen molar-refractivity contribution >= 4 is 5.91 Å². The Balaban J connectivity index is 2.00. The van der Waals surface area contributed by atoms with Crippen LogP contribution < -0.4 is 0 Å². The molecule has 0 atom stereocenters. The van der Waals surface area contributed by atoms with E-state index in [1.807, 2.05) is 36.1 Å². The van der Waals surface area contributed by atoms with Crippen LogP contribution in [0.4, 0.5) is 0 Å². The number of aryl methyl sites for hydroxylation is 1. The molecule has 3 rings (SSSR count). The van der Waals surface area contributed by atoms with Crippen LogP contribution in [0.1, 0.15) is 16.8 Å². The highest BCUT2D eigenvalue weighted by atomic mass is 16.7. The molecule has 0 bridgehead atoms. The van der Waals surface area contributed by atoms with Crippen LogP contribution in [0, 0.1) is 0 Å². The Morgan fingerprint density at radius 2 is 2.17 bits per heavy atom. The molecule has 0 aromatic carbocycles. The lowest BCUT2D eigenvalue weighted by atomic mass is 10.3. The van der Waals surface area contributed by atoms with Crippen LogP contribution in [0.25, 0.3) is 5.82 Å². The fraction of sp³-hybridized carbons (Fsp3) is 0.333. The summed E-state index contributed by atoms with van der Waals surface area (Å²) in [5.74, 6) is 0.616. The van der Waals surface area contributed by atoms with Crippen molar-refractivity contribution in [1.29, 1.82) is 0 Å². The van der Waals surface area contributed by atoms with E-state index < -0.39 is 0 Å². The quantitative estimate of drug-likeness (QED) is 0.794. The van der Waals surface area contributed by atoms with Crippen LogP contribution in [0.15, 0.2) is 30.7 Å². The molecule has 0 radical (unpaired) electrons. The minimum absolute atomic E-state index is 0.135. The van der Waals surface area contributed by atoms with Gasteiger partial charge in [0.15, 0.2) is 0 Å². The van der Waals surface area contributed by atoms with Crippen LogP contribution in [0.5, 0.6) is 0 Å². The summed E-state index contributed by atoms with van der Waals surface area (Å²) in [4.78, 5) is 17.6. The number of hydrogen-bond donors (Lipinski definition) is 0. The summed E-state index contributed by atoms with van der Waals surface area (Å²) in [5.41, 5.74) is 0.551. The topological polar surface area (TPSA) is 52.3 Å². The highest BCUT2D eigenvalue weighted by Crippen LogP contribution is 2.18. The average molecular weight is 246 g/mol. The summed E-state index contributed by atoms with van der Waals surface area (Å²) in [6, 6.07) is 3.82. The van der Waals surface area contributed by atoms with Crippen LogP contribution in [0.3, 0.4) is 0 Å². The van der Waals surface area contributed by atoms with Crippen LogP contribution in [0.2, 0.25) is 0 Å². The minimum Gasteiger partial charge on any atom is -0.308 e. The van der Waals surface area contributed by atoms with Gasteiger partial charge < -0.3 is 4.57 Å². The van der Waals surface area contributed by atoms with Gasteiger partial charge >= 0.3 is 0 Å². The predicted molar refractivity (Wildman–Crippen MR) is 64.1 cm³/mol. The molecule has 0 unspecified atom stereocenters. The van der Waals surface area contributed by atoms with Crippen molar-refractivity contribution in [1.82, 2.24) is 19.4 Å². The first-order chi connectivity index (χ1) is 8.77. The molecule has 0 saturated carbocycles. The summed E-state index contributed by atoms with van der Waals surface area (Å²) >= 11 is 0. The van der Waals surface area contributed by atoms with Gasteiger partial charge in [0.1, 0.15) is 11.4 Å². The fourth-order valence-electron chi connectivity index (χ4n) is 2.11. The number of carbonyl (C=O) groups is 1. The van der Waals surface area contributed by atoms with Gasteiger partial charge in [-0.1, -0.05) is 0 Å². The van der Waals surface area contributed by atoms with E-state index in [0.717, 1.165) is 12.2 Å². The van der Waals surface area contributed by atoms with Crippen molar-refractivity contribution in [2.24, 2.45) is 7.05 Å². The second-order valence-corrected chi connectivity index (χ2v) is 4.19. The molecule has 0 aliphatic carbocycles. The number of hydrogen-bond acceptors (Lipinski definition) is 3. The summed E-state index contributed by atoms with van der Waals surface area (Å²) in [7, 11) is 1.82. The zero-order valence-corrected chi connectivity index (χ0v) is 10.1. The summed E-state index contributed by atoms with van der Waals surface area (Å²) in [5, 5.41) is 5.56. The summed E-state index contributed by atoms with van der Waals surface area (Å²) < 4.78 is 3.56. The highest BCUT2D eigenvalue weighted by molar-refractivity contribution is 5.96. The first kappa shape index (κ1) is 11.0. The smallest absolute Gasteiger partial charge is 0.282 e. The third kappa shape index (κ3) is 1.70. The van der Waals surface area contributed by atoms with E-state index in [4.69, 9.17) is 4.84 Å². The lowest BCUT2D eigenvalue weighted by molar-refractivity contribution is -0.0768. The number of hydroxylamine groups is 2. The standard InChI is InChI=1S/C12H14N4O2/c1-14-11(15-5-2-3-6-15)10(9-13-14)12(17)16-7-4-8-18-16/h2-3,5-6,9H,4,7-8H2,1H3. The predicted octanol–water partition coefficient (Wildman–Crippen LogP) is 0.988. The maximum Gasteiger partial charge on any atom is 0.282 e. The Labute approximate surface area is 104 Å². The van der Waals surface area contributed by atoms with Gasteiger partial charge in [0, 0.05) is 19.4 Å². The van der Waals surface area contributed by atoms with Crippen molar-refractivity contribution in [3.05, 3.63) is 36.3 Å². The van der Waals surface area contributed by atoms with Gasteiger partial charge in [-0.3, -0.25) is 14.3 Å². The molecule has 6 nitrogen and oxygen atoms in total. The minimum atomic E-state index is -0.135. The maximum atomic E-state index is 12.3. The van der Waals surface area contributed by atoms with Gasteiger partial charge in [0.25, 0.3) is 5.91 Å². The Hall–Kier alpha value is -2.08. The molecule has 2 aromatic heterocycles. The first-order valence-electron chi connectivity index (χ1n) is 5.87. The molecule has 1 aliphatic rings. The molecular formula is C12H14N4O2. The number of rotatable bonds is 2. The molecule has 3 heterocycles. The van der Waals surface area contributed by atoms with E-state index in [9.17, 15) is 4.79 Å². The second-order valence-electron chi connectivity index (χ2n) is 4.19. The Kier molecular flexibility index (Phi) is 2.64. The molecule has 1 fully saturated rings. The van der Waals surface area contributed by atoms with E-state index >= 15 is 0 Å². The Bertz CT molecular complexity index is 553. The Morgan fingerprint density at radius 3 is 2.83 bits per heavy atom. The largest absolute Gasteiger partial charge is 0.308 e. The van der Waals surface area contributed by atoms with Crippen molar-refractivity contribution in [2.75, 3.05) is 13.2 Å². The molecule has 1 saturated heterocycles. The fourth-order valence-corrected chi connectivity index (χ4v) is 2.11. The summed E-state index contributed by atoms with van der Waals surface area (Å²) in [6.45, 7) is 1.24. The van der Waals surface area contributed by atoms with Crippen molar-refractivity contribution < 1.29 is 9.63 Å². The van der Waals surface area contributed by atoms with Gasteiger partial charge in [-0.2, -0.15) is 5.10 Å². The SMILES string of the molecule is Cn1ncc(C(=O)N2CCCO2)c1-n1cccc1. The number of aromatic nitrogens is 3. The third-order valence-corrected chi connectivity index (χ3v) is 2.97. The lowest BCUT2D eigenvalue weighted by Gasteiger charge is -2.14. The van der Waals surface area contributed by atoms with E-state index in [1.54, 1.807) is 10.9 Å². The first-order valence-corrected chi connectivity index (χ1v) is 5.87. The number of nitrogens with zero attached hydrogens (tertiary/aromatic N) is 4. The number of carbonyl (C=O) groups excluding carboxylic acids is 1. The van der Waals surface area contributed by atoms with Gasteiger partial charge in [0.2, 0.25) is 0 Å². The van der Waals surface area contributed by atoms with Crippen molar-refractivity contribution in [2.45, 2.75) is 6.42 Å². The van der Waals surface area contributed by atoms with Crippen LogP contribution in [-0.2, 0) is 11.9 Å². The molecule has 0 N–H and O–H groups in total. The maximum absolute atomic E-state index is 12.3. The normalized spacial score (nSPS) is 15.3. The van der Waals surface area contributed by atoms with E-state index in [1.165, 1.54) is 5.06 Å². The van der Waals surface area contributed by atoms with Gasteiger partial charge in [-0.15, -0.1) is 0 Å². The molecule has 0 spiro atoms. The molecule has 2 aromatic rings. The zero-order chi connectivity index (χ0) is 12.5. The molecule has 1 aliphatic heterocycles. The second kappa shape index (κ2) is 4.30. The molecule has 1 amide bonds. The van der Waals surface area contributed by atoms with Crippen molar-refractivity contribution in [3.8, 4) is 5.82 Å². The highest BCUT2D eigenvalue weighted by Gasteiger charge is 2.25. The zero-order valence-electron chi connectivity index (χ0n) is 10.1. The van der Waals surface area contributed by atoms with Crippen LogP contribution >= 0.6 is 0 Å². The third-order valence-electron chi connectivity index (χ3n) is 2.97. The molecular weight excluding hydrogens is 232 g/mol. The lowest BCUT2D eigenvalue weighted by Crippen LogP contribution is -2.27. The molecule has 94 valence electrons. The van der Waals surface area contributed by atoms with Gasteiger partial charge in [-0.05, 0) is 18.6 Å². The average Bonchev–Trinajstić information content (AvgIpc) is 3.09. The Morgan fingerprint density at radius 1 is 1.39 bits per heavy atom.